The number of carbonyl (C=O) groups excluding carboxylic acids is 1. The molecule has 0 saturated heterocycles. The lowest BCUT2D eigenvalue weighted by atomic mass is 10.2. The fourth-order valence-electron chi connectivity index (χ4n) is 3.12. The molecule has 6 nitrogen and oxygen atoms in total. The van der Waals surface area contributed by atoms with Crippen LogP contribution >= 0.6 is 12.2 Å². The molecule has 1 amide bonds. The SMILES string of the molecule is CCCCCCOc1ccc(C(=O)NNC(=S)NC2CCCC2)cc1OC. The molecule has 7 heteroatoms. The molecule has 1 fully saturated rings. The number of unbranched alkanes of at least 4 members (excludes halogenated alkanes) is 3. The summed E-state index contributed by atoms with van der Waals surface area (Å²) in [6, 6.07) is 5.55. The van der Waals surface area contributed by atoms with Gasteiger partial charge in [0.2, 0.25) is 0 Å². The fraction of sp³-hybridized carbons (Fsp3) is 0.600. The van der Waals surface area contributed by atoms with Crippen LogP contribution in [-0.4, -0.2) is 30.8 Å². The predicted molar refractivity (Wildman–Crippen MR) is 111 cm³/mol. The summed E-state index contributed by atoms with van der Waals surface area (Å²) in [5.41, 5.74) is 5.86. The molecule has 1 aliphatic carbocycles. The molecule has 0 aliphatic heterocycles. The van der Waals surface area contributed by atoms with E-state index in [9.17, 15) is 4.79 Å². The molecule has 2 rings (SSSR count). The number of rotatable bonds is 9. The van der Waals surface area contributed by atoms with E-state index < -0.39 is 0 Å². The Morgan fingerprint density at radius 1 is 1.15 bits per heavy atom. The molecule has 3 N–H and O–H groups in total. The van der Waals surface area contributed by atoms with Crippen LogP contribution in [0.4, 0.5) is 0 Å². The van der Waals surface area contributed by atoms with Crippen LogP contribution in [-0.2, 0) is 0 Å². The molecule has 1 saturated carbocycles. The molecule has 0 spiro atoms. The number of hydrazine groups is 1. The monoisotopic (exact) mass is 393 g/mol. The maximum atomic E-state index is 12.3. The van der Waals surface area contributed by atoms with Gasteiger partial charge in [-0.05, 0) is 49.7 Å². The van der Waals surface area contributed by atoms with Gasteiger partial charge in [-0.2, -0.15) is 0 Å². The van der Waals surface area contributed by atoms with Gasteiger partial charge < -0.3 is 14.8 Å². The Bertz CT molecular complexity index is 618. The highest BCUT2D eigenvalue weighted by Crippen LogP contribution is 2.28. The third-order valence-corrected chi connectivity index (χ3v) is 4.88. The van der Waals surface area contributed by atoms with Crippen LogP contribution in [0.2, 0.25) is 0 Å². The summed E-state index contributed by atoms with van der Waals surface area (Å²) < 4.78 is 11.1. The zero-order chi connectivity index (χ0) is 19.5. The Kier molecular flexibility index (Phi) is 9.18. The number of amides is 1. The van der Waals surface area contributed by atoms with Crippen molar-refractivity contribution in [3.05, 3.63) is 23.8 Å². The van der Waals surface area contributed by atoms with E-state index in [4.69, 9.17) is 21.7 Å². The van der Waals surface area contributed by atoms with Crippen LogP contribution < -0.4 is 25.6 Å². The van der Waals surface area contributed by atoms with Crippen LogP contribution in [0.15, 0.2) is 18.2 Å². The van der Waals surface area contributed by atoms with E-state index in [0.29, 0.717) is 34.8 Å². The number of methoxy groups -OCH3 is 1. The van der Waals surface area contributed by atoms with Crippen molar-refractivity contribution in [1.82, 2.24) is 16.2 Å². The van der Waals surface area contributed by atoms with Crippen LogP contribution in [0.3, 0.4) is 0 Å². The Balaban J connectivity index is 1.81. The van der Waals surface area contributed by atoms with Gasteiger partial charge in [-0.3, -0.25) is 15.6 Å². The highest BCUT2D eigenvalue weighted by Gasteiger charge is 2.16. The smallest absolute Gasteiger partial charge is 0.269 e. The van der Waals surface area contributed by atoms with E-state index in [0.717, 1.165) is 25.7 Å². The average molecular weight is 394 g/mol. The zero-order valence-electron chi connectivity index (χ0n) is 16.3. The van der Waals surface area contributed by atoms with Gasteiger partial charge in [0.15, 0.2) is 16.6 Å². The lowest BCUT2D eigenvalue weighted by Crippen LogP contribution is -2.49. The molecule has 0 heterocycles. The Hall–Kier alpha value is -2.02. The highest BCUT2D eigenvalue weighted by atomic mass is 32.1. The fourth-order valence-corrected chi connectivity index (χ4v) is 3.33. The van der Waals surface area contributed by atoms with Gasteiger partial charge >= 0.3 is 0 Å². The molecule has 1 aromatic carbocycles. The summed E-state index contributed by atoms with van der Waals surface area (Å²) in [6.45, 7) is 2.82. The van der Waals surface area contributed by atoms with Crippen LogP contribution in [0, 0.1) is 0 Å². The third-order valence-electron chi connectivity index (χ3n) is 4.66. The van der Waals surface area contributed by atoms with Gasteiger partial charge in [-0.1, -0.05) is 39.0 Å². The van der Waals surface area contributed by atoms with Gasteiger partial charge in [0.05, 0.1) is 13.7 Å². The van der Waals surface area contributed by atoms with E-state index in [2.05, 4.69) is 23.1 Å². The zero-order valence-corrected chi connectivity index (χ0v) is 17.1. The highest BCUT2D eigenvalue weighted by molar-refractivity contribution is 7.80. The Morgan fingerprint density at radius 2 is 1.93 bits per heavy atom. The van der Waals surface area contributed by atoms with Gasteiger partial charge in [0.1, 0.15) is 0 Å². The first-order chi connectivity index (χ1) is 13.1. The molecule has 1 aliphatic rings. The molecule has 1 aromatic rings. The predicted octanol–water partition coefficient (Wildman–Crippen LogP) is 3.71. The van der Waals surface area contributed by atoms with Crippen molar-refractivity contribution >= 4 is 23.2 Å². The van der Waals surface area contributed by atoms with E-state index in [1.807, 2.05) is 0 Å². The second-order valence-corrected chi connectivity index (χ2v) is 7.22. The number of hydrogen-bond donors (Lipinski definition) is 3. The van der Waals surface area contributed by atoms with E-state index >= 15 is 0 Å². The Labute approximate surface area is 167 Å². The molecule has 0 radical (unpaired) electrons. The van der Waals surface area contributed by atoms with Crippen molar-refractivity contribution in [3.8, 4) is 11.5 Å². The molecule has 0 aromatic heterocycles. The average Bonchev–Trinajstić information content (AvgIpc) is 3.19. The number of ether oxygens (including phenoxy) is 2. The number of thiocarbonyl (C=S) groups is 1. The van der Waals surface area contributed by atoms with Gasteiger partial charge in [-0.25, -0.2) is 0 Å². The number of benzene rings is 1. The van der Waals surface area contributed by atoms with Crippen molar-refractivity contribution in [2.45, 2.75) is 64.3 Å². The first kappa shape index (κ1) is 21.3. The summed E-state index contributed by atoms with van der Waals surface area (Å²) in [4.78, 5) is 12.3. The first-order valence-corrected chi connectivity index (χ1v) is 10.2. The topological polar surface area (TPSA) is 71.6 Å². The quantitative estimate of drug-likeness (QED) is 0.338. The molecular weight excluding hydrogens is 362 g/mol. The van der Waals surface area contributed by atoms with Crippen LogP contribution in [0.1, 0.15) is 68.6 Å². The molecular formula is C20H31N3O3S. The van der Waals surface area contributed by atoms with Crippen LogP contribution in [0.5, 0.6) is 11.5 Å². The molecule has 0 atom stereocenters. The second-order valence-electron chi connectivity index (χ2n) is 6.81. The Morgan fingerprint density at radius 3 is 2.63 bits per heavy atom. The second kappa shape index (κ2) is 11.6. The largest absolute Gasteiger partial charge is 0.493 e. The normalized spacial score (nSPS) is 13.9. The van der Waals surface area contributed by atoms with Crippen molar-refractivity contribution in [2.75, 3.05) is 13.7 Å². The summed E-state index contributed by atoms with van der Waals surface area (Å²) in [7, 11) is 1.57. The summed E-state index contributed by atoms with van der Waals surface area (Å²) >= 11 is 5.22. The van der Waals surface area contributed by atoms with Gasteiger partial charge in [0, 0.05) is 11.6 Å². The van der Waals surface area contributed by atoms with E-state index in [-0.39, 0.29) is 5.91 Å². The van der Waals surface area contributed by atoms with E-state index in [1.165, 1.54) is 25.7 Å². The third kappa shape index (κ3) is 7.25. The lowest BCUT2D eigenvalue weighted by molar-refractivity contribution is 0.0943. The molecule has 0 unspecified atom stereocenters. The van der Waals surface area contributed by atoms with Crippen molar-refractivity contribution in [2.24, 2.45) is 0 Å². The van der Waals surface area contributed by atoms with Gasteiger partial charge in [-0.15, -0.1) is 0 Å². The standard InChI is InChI=1S/C20H31N3O3S/c1-3-4-5-8-13-26-17-12-11-15(14-18(17)25-2)19(24)22-23-20(27)21-16-9-6-7-10-16/h11-12,14,16H,3-10,13H2,1-2H3,(H,22,24)(H2,21,23,27). The number of nitrogens with one attached hydrogen (secondary N) is 3. The molecule has 0 bridgehead atoms. The maximum Gasteiger partial charge on any atom is 0.269 e. The summed E-state index contributed by atoms with van der Waals surface area (Å²) in [6.07, 6.45) is 9.25. The first-order valence-electron chi connectivity index (χ1n) is 9.81. The minimum Gasteiger partial charge on any atom is -0.493 e. The van der Waals surface area contributed by atoms with Gasteiger partial charge in [0.25, 0.3) is 5.91 Å². The summed E-state index contributed by atoms with van der Waals surface area (Å²) in [5, 5.41) is 3.66. The lowest BCUT2D eigenvalue weighted by Gasteiger charge is -2.16. The number of hydrogen-bond acceptors (Lipinski definition) is 4. The minimum absolute atomic E-state index is 0.279. The number of carbonyl (C=O) groups is 1. The van der Waals surface area contributed by atoms with Crippen molar-refractivity contribution in [1.29, 1.82) is 0 Å². The van der Waals surface area contributed by atoms with Crippen molar-refractivity contribution < 1.29 is 14.3 Å². The molecule has 150 valence electrons. The maximum absolute atomic E-state index is 12.3. The van der Waals surface area contributed by atoms with E-state index in [1.54, 1.807) is 25.3 Å². The minimum atomic E-state index is -0.279. The summed E-state index contributed by atoms with van der Waals surface area (Å²) in [5.74, 6) is 0.917. The van der Waals surface area contributed by atoms with Crippen LogP contribution in [0.25, 0.3) is 0 Å². The van der Waals surface area contributed by atoms with Crippen molar-refractivity contribution in [3.63, 3.8) is 0 Å². The molecule has 27 heavy (non-hydrogen) atoms.